The number of para-hydroxylation sites is 1. The molecule has 0 spiro atoms. The van der Waals surface area contributed by atoms with Crippen LogP contribution in [0, 0.1) is 0 Å². The van der Waals surface area contributed by atoms with E-state index >= 15 is 0 Å². The van der Waals surface area contributed by atoms with Gasteiger partial charge in [0.1, 0.15) is 6.04 Å². The van der Waals surface area contributed by atoms with Gasteiger partial charge in [0.05, 0.1) is 19.2 Å². The van der Waals surface area contributed by atoms with Crippen LogP contribution in [0.3, 0.4) is 0 Å². The maximum Gasteiger partial charge on any atom is 0.416 e. The van der Waals surface area contributed by atoms with Crippen LogP contribution in [0.5, 0.6) is 0 Å². The molecule has 0 radical (unpaired) electrons. The van der Waals surface area contributed by atoms with Crippen LogP contribution < -0.4 is 16.0 Å². The number of carbonyl (C=O) groups is 3. The number of ether oxygens (including phenoxy) is 1. The molecule has 0 saturated carbocycles. The molecule has 0 saturated heterocycles. The normalized spacial score (nSPS) is 12.2. The molecular formula is C23H23F3N4O4. The van der Waals surface area contributed by atoms with Crippen molar-refractivity contribution < 1.29 is 32.3 Å². The molecule has 34 heavy (non-hydrogen) atoms. The van der Waals surface area contributed by atoms with Crippen molar-refractivity contribution in [2.75, 3.05) is 20.2 Å². The van der Waals surface area contributed by atoms with Gasteiger partial charge in [-0.2, -0.15) is 13.2 Å². The highest BCUT2D eigenvalue weighted by Gasteiger charge is 2.31. The lowest BCUT2D eigenvalue weighted by Gasteiger charge is -2.17. The number of carbonyl (C=O) groups excluding carboxylic acids is 3. The van der Waals surface area contributed by atoms with Crippen LogP contribution in [0.1, 0.15) is 21.5 Å². The molecule has 2 aromatic carbocycles. The molecule has 0 aliphatic rings. The van der Waals surface area contributed by atoms with Crippen LogP contribution in [0.4, 0.5) is 13.2 Å². The van der Waals surface area contributed by atoms with Gasteiger partial charge in [-0.25, -0.2) is 4.79 Å². The van der Waals surface area contributed by atoms with Crippen LogP contribution >= 0.6 is 0 Å². The predicted molar refractivity (Wildman–Crippen MR) is 118 cm³/mol. The topological polar surface area (TPSA) is 112 Å². The molecule has 4 N–H and O–H groups in total. The lowest BCUT2D eigenvalue weighted by Crippen LogP contribution is -2.50. The maximum atomic E-state index is 12.8. The second-order valence-corrected chi connectivity index (χ2v) is 7.39. The summed E-state index contributed by atoms with van der Waals surface area (Å²) in [6.45, 7) is -0.0653. The van der Waals surface area contributed by atoms with Crippen molar-refractivity contribution >= 4 is 28.7 Å². The number of amides is 2. The first-order valence-electron chi connectivity index (χ1n) is 10.3. The Hall–Kier alpha value is -3.86. The molecule has 0 bridgehead atoms. The Morgan fingerprint density at radius 2 is 1.85 bits per heavy atom. The Morgan fingerprint density at radius 1 is 1.09 bits per heavy atom. The van der Waals surface area contributed by atoms with Crippen molar-refractivity contribution in [3.8, 4) is 0 Å². The summed E-state index contributed by atoms with van der Waals surface area (Å²) in [7, 11) is 1.18. The molecule has 11 heteroatoms. The fourth-order valence-corrected chi connectivity index (χ4v) is 3.31. The molecule has 0 aliphatic heterocycles. The first-order valence-corrected chi connectivity index (χ1v) is 10.3. The largest absolute Gasteiger partial charge is 0.467 e. The van der Waals surface area contributed by atoms with Gasteiger partial charge in [0, 0.05) is 35.8 Å². The summed E-state index contributed by atoms with van der Waals surface area (Å²) >= 11 is 0. The van der Waals surface area contributed by atoms with Crippen molar-refractivity contribution in [1.29, 1.82) is 0 Å². The van der Waals surface area contributed by atoms with Crippen molar-refractivity contribution in [1.82, 2.24) is 20.9 Å². The van der Waals surface area contributed by atoms with Crippen molar-refractivity contribution in [3.05, 3.63) is 71.4 Å². The number of aromatic nitrogens is 1. The number of H-pyrrole nitrogens is 1. The van der Waals surface area contributed by atoms with E-state index in [1.54, 1.807) is 0 Å². The Bertz CT molecular complexity index is 1180. The second-order valence-electron chi connectivity index (χ2n) is 7.39. The zero-order valence-corrected chi connectivity index (χ0v) is 18.2. The predicted octanol–water partition coefficient (Wildman–Crippen LogP) is 2.36. The van der Waals surface area contributed by atoms with E-state index in [4.69, 9.17) is 4.74 Å². The minimum Gasteiger partial charge on any atom is -0.467 e. The Kier molecular flexibility index (Phi) is 7.90. The third kappa shape index (κ3) is 6.35. The fraction of sp³-hybridized carbons (Fsp3) is 0.261. The van der Waals surface area contributed by atoms with E-state index in [2.05, 4.69) is 20.9 Å². The summed E-state index contributed by atoms with van der Waals surface area (Å²) in [6, 6.07) is 10.5. The van der Waals surface area contributed by atoms with Crippen molar-refractivity contribution in [2.24, 2.45) is 0 Å². The summed E-state index contributed by atoms with van der Waals surface area (Å²) in [6.07, 6.45) is -2.76. The number of halogens is 3. The monoisotopic (exact) mass is 476 g/mol. The van der Waals surface area contributed by atoms with E-state index in [-0.39, 0.29) is 12.1 Å². The molecule has 3 aromatic rings. The molecular weight excluding hydrogens is 453 g/mol. The molecule has 1 heterocycles. The number of methoxy groups -OCH3 is 1. The fourth-order valence-electron chi connectivity index (χ4n) is 3.31. The zero-order valence-electron chi connectivity index (χ0n) is 18.2. The molecule has 1 aromatic heterocycles. The number of hydrogen-bond acceptors (Lipinski definition) is 5. The third-order valence-corrected chi connectivity index (χ3v) is 5.02. The number of aromatic amines is 1. The van der Waals surface area contributed by atoms with E-state index in [0.717, 1.165) is 28.6 Å². The van der Waals surface area contributed by atoms with E-state index in [1.165, 1.54) is 13.2 Å². The Morgan fingerprint density at radius 3 is 2.59 bits per heavy atom. The number of nitrogens with one attached hydrogen (secondary N) is 4. The lowest BCUT2D eigenvalue weighted by molar-refractivity contribution is -0.144. The van der Waals surface area contributed by atoms with Crippen LogP contribution in [-0.4, -0.2) is 49.0 Å². The number of rotatable bonds is 9. The highest BCUT2D eigenvalue weighted by molar-refractivity contribution is 5.97. The summed E-state index contributed by atoms with van der Waals surface area (Å²) in [4.78, 5) is 39.6. The molecule has 180 valence electrons. The summed E-state index contributed by atoms with van der Waals surface area (Å²) in [5, 5.41) is 8.79. The Labute approximate surface area is 192 Å². The minimum absolute atomic E-state index is 0.0551. The Balaban J connectivity index is 1.53. The van der Waals surface area contributed by atoms with Gasteiger partial charge in [0.25, 0.3) is 5.91 Å². The molecule has 2 amide bonds. The average molecular weight is 476 g/mol. The molecule has 0 unspecified atom stereocenters. The average Bonchev–Trinajstić information content (AvgIpc) is 3.24. The summed E-state index contributed by atoms with van der Waals surface area (Å²) in [5.74, 6) is -2.25. The quantitative estimate of drug-likeness (QED) is 0.354. The van der Waals surface area contributed by atoms with E-state index in [0.29, 0.717) is 12.6 Å². The van der Waals surface area contributed by atoms with Gasteiger partial charge in [-0.05, 0) is 29.8 Å². The molecule has 8 nitrogen and oxygen atoms in total. The van der Waals surface area contributed by atoms with Gasteiger partial charge in [-0.3, -0.25) is 9.59 Å². The number of fused-ring (bicyclic) bond motifs is 1. The lowest BCUT2D eigenvalue weighted by atomic mass is 10.1. The highest BCUT2D eigenvalue weighted by atomic mass is 19.4. The summed E-state index contributed by atoms with van der Waals surface area (Å²) in [5.41, 5.74) is 0.719. The number of hydrogen-bond donors (Lipinski definition) is 4. The van der Waals surface area contributed by atoms with Crippen molar-refractivity contribution in [3.63, 3.8) is 0 Å². The molecule has 0 fully saturated rings. The van der Waals surface area contributed by atoms with Crippen LogP contribution in [0.15, 0.2) is 54.7 Å². The molecule has 0 aliphatic carbocycles. The van der Waals surface area contributed by atoms with Crippen LogP contribution in [0.2, 0.25) is 0 Å². The smallest absolute Gasteiger partial charge is 0.416 e. The number of alkyl halides is 3. The first-order chi connectivity index (χ1) is 16.2. The van der Waals surface area contributed by atoms with Gasteiger partial charge < -0.3 is 25.7 Å². The van der Waals surface area contributed by atoms with Crippen LogP contribution in [-0.2, 0) is 27.0 Å². The van der Waals surface area contributed by atoms with Crippen LogP contribution in [0.25, 0.3) is 10.9 Å². The summed E-state index contributed by atoms with van der Waals surface area (Å²) < 4.78 is 43.2. The third-order valence-electron chi connectivity index (χ3n) is 5.02. The maximum absolute atomic E-state index is 12.8. The van der Waals surface area contributed by atoms with Gasteiger partial charge in [0.2, 0.25) is 5.91 Å². The van der Waals surface area contributed by atoms with E-state index in [9.17, 15) is 27.6 Å². The van der Waals surface area contributed by atoms with Gasteiger partial charge in [-0.15, -0.1) is 0 Å². The van der Waals surface area contributed by atoms with E-state index in [1.807, 2.05) is 30.5 Å². The number of esters is 1. The van der Waals surface area contributed by atoms with Gasteiger partial charge in [0.15, 0.2) is 0 Å². The van der Waals surface area contributed by atoms with Crippen molar-refractivity contribution in [2.45, 2.75) is 18.8 Å². The minimum atomic E-state index is -4.60. The van der Waals surface area contributed by atoms with E-state index < -0.39 is 42.1 Å². The second kappa shape index (κ2) is 10.8. The van der Waals surface area contributed by atoms with Gasteiger partial charge >= 0.3 is 12.1 Å². The number of benzene rings is 2. The molecule has 1 atom stereocenters. The van der Waals surface area contributed by atoms with Gasteiger partial charge in [-0.1, -0.05) is 24.3 Å². The standard InChI is InChI=1S/C23H23F3N4O4/c1-34-22(33)19(12-27-10-15-11-28-18-8-3-2-7-17(15)18)30-20(31)13-29-21(32)14-5-4-6-16(9-14)23(24,25)26/h2-9,11,19,27-28H,10,12-13H2,1H3,(H,29,32)(H,30,31)/t19-/m0/s1. The first kappa shape index (κ1) is 24.8. The molecule has 3 rings (SSSR count). The zero-order chi connectivity index (χ0) is 24.7. The SMILES string of the molecule is COC(=O)[C@H](CNCc1c[nH]c2ccccc12)NC(=O)CNC(=O)c1cccc(C(F)(F)F)c1. The highest BCUT2D eigenvalue weighted by Crippen LogP contribution is 2.29.